The molecule has 320 valence electrons. The number of rotatable bonds is 14. The number of aromatic amines is 1. The Bertz CT molecular complexity index is 2540. The number of aromatic nitrogens is 3. The number of carbonyl (C=O) groups excluding carboxylic acids is 2. The van der Waals surface area contributed by atoms with E-state index in [2.05, 4.69) is 44.5 Å². The Balaban J connectivity index is 0.875. The van der Waals surface area contributed by atoms with E-state index in [9.17, 15) is 29.7 Å². The molecule has 0 radical (unpaired) electrons. The SMILES string of the molecule is O=C(c1cncc(-c2cccc(C(O)(C(=O)OCC3CCN(Cc4ccccc4)CC3)c3ccccc3)c2)n1)N1CCC(CNCC(O)c2ccc(O)c3[nH]c(=O)ccc23)CC1. The fraction of sp³-hybridized carbons (Fsp3) is 0.327. The van der Waals surface area contributed by atoms with Crippen molar-refractivity contribution in [3.8, 4) is 17.0 Å². The van der Waals surface area contributed by atoms with Crippen molar-refractivity contribution < 1.29 is 29.6 Å². The molecular weight excluding hydrogens is 785 g/mol. The average molecular weight is 837 g/mol. The van der Waals surface area contributed by atoms with Crippen LogP contribution in [0, 0.1) is 11.8 Å². The third-order valence-corrected chi connectivity index (χ3v) is 12.3. The van der Waals surface area contributed by atoms with Crippen LogP contribution >= 0.6 is 0 Å². The van der Waals surface area contributed by atoms with Gasteiger partial charge in [-0.05, 0) is 92.0 Å². The van der Waals surface area contributed by atoms with Crippen molar-refractivity contribution in [2.45, 2.75) is 43.9 Å². The van der Waals surface area contributed by atoms with Gasteiger partial charge >= 0.3 is 5.97 Å². The second-order valence-electron chi connectivity index (χ2n) is 16.4. The maximum atomic E-state index is 14.0. The van der Waals surface area contributed by atoms with Crippen LogP contribution in [-0.4, -0.2) is 97.8 Å². The first-order chi connectivity index (χ1) is 30.2. The number of aliphatic hydroxyl groups excluding tert-OH is 1. The van der Waals surface area contributed by atoms with Gasteiger partial charge in [-0.3, -0.25) is 19.5 Å². The van der Waals surface area contributed by atoms with Gasteiger partial charge in [0.15, 0.2) is 0 Å². The molecule has 13 heteroatoms. The molecule has 2 saturated heterocycles. The predicted molar refractivity (Wildman–Crippen MR) is 235 cm³/mol. The van der Waals surface area contributed by atoms with Crippen molar-refractivity contribution in [1.29, 1.82) is 0 Å². The predicted octanol–water partition coefficient (Wildman–Crippen LogP) is 5.56. The molecule has 0 aliphatic carbocycles. The molecule has 4 heterocycles. The summed E-state index contributed by atoms with van der Waals surface area (Å²) in [6.07, 6.45) is 5.46. The lowest BCUT2D eigenvalue weighted by Gasteiger charge is -2.33. The van der Waals surface area contributed by atoms with Gasteiger partial charge in [-0.2, -0.15) is 0 Å². The molecule has 2 unspecified atom stereocenters. The summed E-state index contributed by atoms with van der Waals surface area (Å²) in [4.78, 5) is 55.4. The van der Waals surface area contributed by atoms with Crippen molar-refractivity contribution in [3.63, 3.8) is 0 Å². The number of aromatic hydroxyl groups is 1. The molecule has 2 aliphatic heterocycles. The van der Waals surface area contributed by atoms with Gasteiger partial charge in [0.2, 0.25) is 11.2 Å². The van der Waals surface area contributed by atoms with Crippen LogP contribution in [0.5, 0.6) is 5.75 Å². The second kappa shape index (κ2) is 19.2. The van der Waals surface area contributed by atoms with Gasteiger partial charge < -0.3 is 35.3 Å². The Labute approximate surface area is 360 Å². The minimum absolute atomic E-state index is 0.0577. The maximum absolute atomic E-state index is 14.0. The summed E-state index contributed by atoms with van der Waals surface area (Å²) in [5.41, 5.74) is 1.64. The molecule has 62 heavy (non-hydrogen) atoms. The van der Waals surface area contributed by atoms with Crippen molar-refractivity contribution in [3.05, 3.63) is 160 Å². The molecule has 0 spiro atoms. The third-order valence-electron chi connectivity index (χ3n) is 12.3. The number of phenolic OH excluding ortho intramolecular Hbond substituents is 1. The molecular formula is C49H52N6O7. The fourth-order valence-corrected chi connectivity index (χ4v) is 8.63. The zero-order valence-corrected chi connectivity index (χ0v) is 34.5. The number of fused-ring (bicyclic) bond motifs is 1. The van der Waals surface area contributed by atoms with E-state index in [0.29, 0.717) is 58.5 Å². The number of nitrogens with zero attached hydrogens (tertiary/aromatic N) is 4. The van der Waals surface area contributed by atoms with Gasteiger partial charge in [-0.15, -0.1) is 0 Å². The molecule has 5 N–H and O–H groups in total. The van der Waals surface area contributed by atoms with Crippen LogP contribution in [-0.2, 0) is 21.7 Å². The van der Waals surface area contributed by atoms with E-state index in [0.717, 1.165) is 45.3 Å². The number of phenols is 1. The molecule has 1 amide bonds. The van der Waals surface area contributed by atoms with Gasteiger partial charge in [-0.25, -0.2) is 9.78 Å². The number of piperidine rings is 2. The zero-order chi connectivity index (χ0) is 43.1. The monoisotopic (exact) mass is 836 g/mol. The number of amides is 1. The van der Waals surface area contributed by atoms with Crippen molar-refractivity contribution in [2.75, 3.05) is 45.9 Å². The highest BCUT2D eigenvalue weighted by Gasteiger charge is 2.42. The molecule has 0 bridgehead atoms. The number of aliphatic hydroxyl groups is 2. The van der Waals surface area contributed by atoms with Crippen LogP contribution in [0.3, 0.4) is 0 Å². The number of ether oxygens (including phenoxy) is 1. The van der Waals surface area contributed by atoms with E-state index in [-0.39, 0.29) is 47.9 Å². The molecule has 0 saturated carbocycles. The smallest absolute Gasteiger partial charge is 0.347 e. The van der Waals surface area contributed by atoms with Crippen LogP contribution in [0.15, 0.2) is 126 Å². The van der Waals surface area contributed by atoms with Crippen molar-refractivity contribution in [2.24, 2.45) is 11.8 Å². The molecule has 2 fully saturated rings. The summed E-state index contributed by atoms with van der Waals surface area (Å²) in [7, 11) is 0. The van der Waals surface area contributed by atoms with Crippen LogP contribution in [0.2, 0.25) is 0 Å². The van der Waals surface area contributed by atoms with Gasteiger partial charge in [0.1, 0.15) is 11.4 Å². The number of benzene rings is 4. The zero-order valence-electron chi connectivity index (χ0n) is 34.5. The van der Waals surface area contributed by atoms with Crippen LogP contribution in [0.4, 0.5) is 0 Å². The number of pyridine rings is 1. The highest BCUT2D eigenvalue weighted by Crippen LogP contribution is 2.34. The Morgan fingerprint density at radius 1 is 0.839 bits per heavy atom. The molecule has 2 aromatic heterocycles. The highest BCUT2D eigenvalue weighted by atomic mass is 16.5. The Morgan fingerprint density at radius 2 is 1.55 bits per heavy atom. The second-order valence-corrected chi connectivity index (χ2v) is 16.4. The molecule has 2 atom stereocenters. The number of hydrogen-bond donors (Lipinski definition) is 5. The Hall–Kier alpha value is -6.25. The lowest BCUT2D eigenvalue weighted by Crippen LogP contribution is -2.41. The minimum Gasteiger partial charge on any atom is -0.506 e. The minimum atomic E-state index is -2.09. The Morgan fingerprint density at radius 3 is 2.31 bits per heavy atom. The lowest BCUT2D eigenvalue weighted by atomic mass is 9.85. The maximum Gasteiger partial charge on any atom is 0.347 e. The number of hydrogen-bond acceptors (Lipinski definition) is 11. The quantitative estimate of drug-likeness (QED) is 0.0868. The molecule has 8 rings (SSSR count). The number of nitrogens with one attached hydrogen (secondary N) is 2. The highest BCUT2D eigenvalue weighted by molar-refractivity contribution is 5.93. The van der Waals surface area contributed by atoms with Crippen LogP contribution < -0.4 is 10.9 Å². The first kappa shape index (κ1) is 42.4. The molecule has 13 nitrogen and oxygen atoms in total. The summed E-state index contributed by atoms with van der Waals surface area (Å²) in [5.74, 6) is -0.569. The van der Waals surface area contributed by atoms with Gasteiger partial charge in [0, 0.05) is 48.8 Å². The summed E-state index contributed by atoms with van der Waals surface area (Å²) in [6.45, 7) is 4.90. The van der Waals surface area contributed by atoms with E-state index in [1.165, 1.54) is 23.9 Å². The third kappa shape index (κ3) is 9.61. The normalized spacial score (nSPS) is 16.8. The molecule has 6 aromatic rings. The summed E-state index contributed by atoms with van der Waals surface area (Å²) < 4.78 is 5.93. The Kier molecular flexibility index (Phi) is 13.1. The van der Waals surface area contributed by atoms with E-state index in [4.69, 9.17) is 9.72 Å². The standard InChI is InChI=1S/C49H52N6O7/c56-43-16-14-39(40-15-17-45(58)53-46(40)43)44(57)30-50-27-33-20-24-55(25-21-33)47(59)42-29-51-28-41(52-42)36-10-7-13-38(26-36)49(61,37-11-5-2-6-12-37)48(60)62-32-35-18-22-54(23-19-35)31-34-8-3-1-4-9-34/h1-17,26,28-29,33,35,44,50,56-57,61H,18-25,27,30-32H2,(H,53,58). The topological polar surface area (TPSA) is 181 Å². The first-order valence-corrected chi connectivity index (χ1v) is 21.3. The lowest BCUT2D eigenvalue weighted by molar-refractivity contribution is -0.164. The number of H-pyrrole nitrogens is 1. The number of likely N-dealkylation sites (tertiary alicyclic amines) is 2. The largest absolute Gasteiger partial charge is 0.506 e. The molecule has 2 aliphatic rings. The average Bonchev–Trinajstić information content (AvgIpc) is 3.32. The van der Waals surface area contributed by atoms with Gasteiger partial charge in [0.05, 0.1) is 36.3 Å². The first-order valence-electron chi connectivity index (χ1n) is 21.3. The van der Waals surface area contributed by atoms with Crippen LogP contribution in [0.25, 0.3) is 22.2 Å². The van der Waals surface area contributed by atoms with E-state index in [1.807, 2.05) is 18.2 Å². The van der Waals surface area contributed by atoms with E-state index >= 15 is 0 Å². The van der Waals surface area contributed by atoms with E-state index < -0.39 is 17.7 Å². The van der Waals surface area contributed by atoms with E-state index in [1.54, 1.807) is 65.7 Å². The summed E-state index contributed by atoms with van der Waals surface area (Å²) in [5, 5.41) is 37.4. The number of esters is 1. The van der Waals surface area contributed by atoms with Gasteiger partial charge in [-0.1, -0.05) is 84.9 Å². The fourth-order valence-electron chi connectivity index (χ4n) is 8.63. The van der Waals surface area contributed by atoms with Crippen molar-refractivity contribution >= 4 is 22.8 Å². The van der Waals surface area contributed by atoms with Crippen LogP contribution in [0.1, 0.15) is 64.5 Å². The van der Waals surface area contributed by atoms with Crippen molar-refractivity contribution in [1.82, 2.24) is 30.1 Å². The summed E-state index contributed by atoms with van der Waals surface area (Å²) in [6, 6.07) is 32.2. The molecule has 4 aromatic carbocycles. The van der Waals surface area contributed by atoms with Gasteiger partial charge in [0.25, 0.3) is 5.91 Å². The summed E-state index contributed by atoms with van der Waals surface area (Å²) >= 11 is 0. The number of carbonyl (C=O) groups is 2.